The van der Waals surface area contributed by atoms with E-state index in [0.717, 1.165) is 22.4 Å². The lowest BCUT2D eigenvalue weighted by molar-refractivity contribution is 0.0693. The number of aryl methyl sites for hydroxylation is 2. The Bertz CT molecular complexity index is 861. The summed E-state index contributed by atoms with van der Waals surface area (Å²) in [6, 6.07) is 7.52. The van der Waals surface area contributed by atoms with E-state index in [-0.39, 0.29) is 28.7 Å². The number of carboxylic acids is 1. The minimum atomic E-state index is -1.15. The second-order valence-electron chi connectivity index (χ2n) is 9.60. The number of aromatic carboxylic acids is 1. The van der Waals surface area contributed by atoms with E-state index in [0.29, 0.717) is 5.56 Å². The summed E-state index contributed by atoms with van der Waals surface area (Å²) < 4.78 is 6.28. The largest absolute Gasteiger partial charge is 0.507 e. The van der Waals surface area contributed by atoms with Gasteiger partial charge in [-0.3, -0.25) is 0 Å². The quantitative estimate of drug-likeness (QED) is 0.690. The molecule has 152 valence electrons. The van der Waals surface area contributed by atoms with Gasteiger partial charge in [0.2, 0.25) is 0 Å². The topological polar surface area (TPSA) is 66.8 Å². The van der Waals surface area contributed by atoms with Crippen LogP contribution in [0.1, 0.15) is 79.7 Å². The summed E-state index contributed by atoms with van der Waals surface area (Å²) in [6.45, 7) is 16.9. The zero-order valence-corrected chi connectivity index (χ0v) is 18.2. The van der Waals surface area contributed by atoms with Gasteiger partial charge in [0.1, 0.15) is 23.7 Å². The Kier molecular flexibility index (Phi) is 5.84. The molecule has 0 spiro atoms. The summed E-state index contributed by atoms with van der Waals surface area (Å²) in [7, 11) is 0. The van der Waals surface area contributed by atoms with E-state index in [9.17, 15) is 15.0 Å². The smallest absolute Gasteiger partial charge is 0.339 e. The van der Waals surface area contributed by atoms with Gasteiger partial charge in [0.05, 0.1) is 0 Å². The molecule has 2 rings (SSSR count). The number of carbonyl (C=O) groups is 1. The Labute approximate surface area is 168 Å². The molecule has 2 aromatic rings. The molecule has 0 atom stereocenters. The Morgan fingerprint density at radius 1 is 0.893 bits per heavy atom. The van der Waals surface area contributed by atoms with Gasteiger partial charge >= 0.3 is 5.97 Å². The number of aromatic hydroxyl groups is 1. The Balaban J connectivity index is 2.57. The van der Waals surface area contributed by atoms with E-state index in [1.54, 1.807) is 6.07 Å². The summed E-state index contributed by atoms with van der Waals surface area (Å²) in [4.78, 5) is 11.4. The summed E-state index contributed by atoms with van der Waals surface area (Å²) in [5.74, 6) is -0.577. The van der Waals surface area contributed by atoms with Crippen LogP contribution < -0.4 is 4.74 Å². The highest BCUT2D eigenvalue weighted by Gasteiger charge is 2.28. The minimum Gasteiger partial charge on any atom is -0.507 e. The molecule has 0 aromatic heterocycles. The predicted molar refractivity (Wildman–Crippen MR) is 113 cm³/mol. The summed E-state index contributed by atoms with van der Waals surface area (Å²) in [5, 5.41) is 19.7. The van der Waals surface area contributed by atoms with Crippen molar-refractivity contribution in [1.82, 2.24) is 0 Å². The van der Waals surface area contributed by atoms with E-state index in [1.165, 1.54) is 11.6 Å². The third-order valence-corrected chi connectivity index (χ3v) is 4.78. The van der Waals surface area contributed by atoms with Crippen molar-refractivity contribution < 1.29 is 19.7 Å². The van der Waals surface area contributed by atoms with Crippen molar-refractivity contribution in [2.75, 3.05) is 0 Å². The molecule has 2 aromatic carbocycles. The van der Waals surface area contributed by atoms with E-state index in [2.05, 4.69) is 60.6 Å². The maximum atomic E-state index is 11.4. The zero-order chi connectivity index (χ0) is 21.4. The average Bonchev–Trinajstić information content (AvgIpc) is 2.53. The molecule has 0 aliphatic rings. The SMILES string of the molecule is Cc1cc(COc2c(C(C)(C)C)cc(C)cc2C(C)(C)C)c(O)c(C(=O)O)c1. The molecule has 0 fully saturated rings. The molecule has 0 bridgehead atoms. The summed E-state index contributed by atoms with van der Waals surface area (Å²) in [6.07, 6.45) is 0. The second-order valence-corrected chi connectivity index (χ2v) is 9.60. The molecular weight excluding hydrogens is 352 g/mol. The fourth-order valence-electron chi connectivity index (χ4n) is 3.32. The molecule has 0 aliphatic carbocycles. The van der Waals surface area contributed by atoms with Crippen molar-refractivity contribution in [2.45, 2.75) is 72.8 Å². The van der Waals surface area contributed by atoms with Crippen molar-refractivity contribution >= 4 is 5.97 Å². The fraction of sp³-hybridized carbons (Fsp3) is 0.458. The maximum absolute atomic E-state index is 11.4. The Hall–Kier alpha value is -2.49. The van der Waals surface area contributed by atoms with Crippen LogP contribution in [0.4, 0.5) is 0 Å². The van der Waals surface area contributed by atoms with Crippen LogP contribution in [0.3, 0.4) is 0 Å². The van der Waals surface area contributed by atoms with Gasteiger partial charge in [-0.15, -0.1) is 0 Å². The molecule has 0 radical (unpaired) electrons. The first-order chi connectivity index (χ1) is 12.7. The second kappa shape index (κ2) is 7.50. The zero-order valence-electron chi connectivity index (χ0n) is 18.2. The predicted octanol–water partition coefficient (Wildman–Crippen LogP) is 5.88. The van der Waals surface area contributed by atoms with Crippen LogP contribution in [0, 0.1) is 13.8 Å². The minimum absolute atomic E-state index is 0.100. The van der Waals surface area contributed by atoms with Crippen LogP contribution in [0.2, 0.25) is 0 Å². The van der Waals surface area contributed by atoms with Crippen molar-refractivity contribution in [3.63, 3.8) is 0 Å². The van der Waals surface area contributed by atoms with Gasteiger partial charge in [0.25, 0.3) is 0 Å². The number of hydrogen-bond acceptors (Lipinski definition) is 3. The third kappa shape index (κ3) is 4.67. The average molecular weight is 385 g/mol. The number of ether oxygens (including phenoxy) is 1. The number of rotatable bonds is 4. The lowest BCUT2D eigenvalue weighted by Crippen LogP contribution is -2.20. The molecule has 4 heteroatoms. The molecule has 4 nitrogen and oxygen atoms in total. The van der Waals surface area contributed by atoms with Gasteiger partial charge < -0.3 is 14.9 Å². The maximum Gasteiger partial charge on any atom is 0.339 e. The lowest BCUT2D eigenvalue weighted by atomic mass is 9.78. The lowest BCUT2D eigenvalue weighted by Gasteiger charge is -2.30. The first-order valence-electron chi connectivity index (χ1n) is 9.56. The van der Waals surface area contributed by atoms with Crippen LogP contribution in [0.15, 0.2) is 24.3 Å². The van der Waals surface area contributed by atoms with Crippen LogP contribution in [-0.4, -0.2) is 16.2 Å². The van der Waals surface area contributed by atoms with Gasteiger partial charge in [0.15, 0.2) is 0 Å². The first kappa shape index (κ1) is 21.8. The van der Waals surface area contributed by atoms with Crippen molar-refractivity contribution in [1.29, 1.82) is 0 Å². The van der Waals surface area contributed by atoms with E-state index >= 15 is 0 Å². The Morgan fingerprint density at radius 3 is 1.79 bits per heavy atom. The highest BCUT2D eigenvalue weighted by molar-refractivity contribution is 5.91. The molecule has 28 heavy (non-hydrogen) atoms. The van der Waals surface area contributed by atoms with E-state index in [4.69, 9.17) is 4.74 Å². The molecule has 0 amide bonds. The summed E-state index contributed by atoms with van der Waals surface area (Å²) >= 11 is 0. The summed E-state index contributed by atoms with van der Waals surface area (Å²) in [5.41, 5.74) is 4.27. The van der Waals surface area contributed by atoms with Gasteiger partial charge in [0, 0.05) is 16.7 Å². The number of carboxylic acid groups (broad SMARTS) is 1. The molecular formula is C24H32O4. The number of hydrogen-bond donors (Lipinski definition) is 2. The van der Waals surface area contributed by atoms with Crippen molar-refractivity contribution in [3.8, 4) is 11.5 Å². The van der Waals surface area contributed by atoms with Gasteiger partial charge in [-0.1, -0.05) is 59.2 Å². The van der Waals surface area contributed by atoms with E-state index in [1.807, 2.05) is 6.92 Å². The van der Waals surface area contributed by atoms with Gasteiger partial charge in [-0.05, 0) is 42.4 Å². The molecule has 2 N–H and O–H groups in total. The van der Waals surface area contributed by atoms with E-state index < -0.39 is 5.97 Å². The van der Waals surface area contributed by atoms with Crippen LogP contribution >= 0.6 is 0 Å². The van der Waals surface area contributed by atoms with Gasteiger partial charge in [-0.2, -0.15) is 0 Å². The highest BCUT2D eigenvalue weighted by Crippen LogP contribution is 2.41. The third-order valence-electron chi connectivity index (χ3n) is 4.78. The van der Waals surface area contributed by atoms with Crippen LogP contribution in [0.25, 0.3) is 0 Å². The number of benzene rings is 2. The Morgan fingerprint density at radius 2 is 1.36 bits per heavy atom. The van der Waals surface area contributed by atoms with Crippen LogP contribution in [-0.2, 0) is 17.4 Å². The number of phenols is 1. The molecule has 0 heterocycles. The highest BCUT2D eigenvalue weighted by atomic mass is 16.5. The van der Waals surface area contributed by atoms with Crippen LogP contribution in [0.5, 0.6) is 11.5 Å². The first-order valence-corrected chi connectivity index (χ1v) is 9.56. The van der Waals surface area contributed by atoms with Crippen molar-refractivity contribution in [2.24, 2.45) is 0 Å². The van der Waals surface area contributed by atoms with Gasteiger partial charge in [-0.25, -0.2) is 4.79 Å². The molecule has 0 saturated carbocycles. The normalized spacial score (nSPS) is 12.1. The molecule has 0 unspecified atom stereocenters. The van der Waals surface area contributed by atoms with Crippen molar-refractivity contribution in [3.05, 3.63) is 57.6 Å². The molecule has 0 saturated heterocycles. The molecule has 0 aliphatic heterocycles. The standard InChI is InChI=1S/C24H32O4/c1-14-9-16(20(25)17(10-14)22(26)27)13-28-21-18(23(3,4)5)11-15(2)12-19(21)24(6,7)8/h9-12,25H,13H2,1-8H3,(H,26,27). The monoisotopic (exact) mass is 384 g/mol. The fourth-order valence-corrected chi connectivity index (χ4v) is 3.32.